The number of hydrogen-bond donors (Lipinski definition) is 0. The standard InChI is InChI=1S/C12H25NO2Si/c1-4-9-16(10-5-2,11-6-3)13-7-8-15-12(13)14/h4-11H2,1-3H3. The van der Waals surface area contributed by atoms with Crippen LogP contribution in [0.1, 0.15) is 40.0 Å². The largest absolute Gasteiger partial charge is 0.448 e. The van der Waals surface area contributed by atoms with E-state index < -0.39 is 8.24 Å². The second-order valence-corrected chi connectivity index (χ2v) is 9.23. The van der Waals surface area contributed by atoms with Crippen molar-refractivity contribution in [2.24, 2.45) is 0 Å². The third-order valence-corrected chi connectivity index (χ3v) is 9.32. The van der Waals surface area contributed by atoms with E-state index in [9.17, 15) is 4.79 Å². The predicted octanol–water partition coefficient (Wildman–Crippen LogP) is 3.61. The van der Waals surface area contributed by atoms with Crippen LogP contribution in [-0.2, 0) is 4.74 Å². The summed E-state index contributed by atoms with van der Waals surface area (Å²) in [6.07, 6.45) is 3.53. The first-order valence-electron chi connectivity index (χ1n) is 6.64. The average molecular weight is 243 g/mol. The molecule has 0 N–H and O–H groups in total. The number of hydrogen-bond acceptors (Lipinski definition) is 2. The van der Waals surface area contributed by atoms with Gasteiger partial charge < -0.3 is 9.30 Å². The lowest BCUT2D eigenvalue weighted by Gasteiger charge is -2.38. The Balaban J connectivity index is 2.84. The summed E-state index contributed by atoms with van der Waals surface area (Å²) in [5, 5.41) is 0. The van der Waals surface area contributed by atoms with Crippen molar-refractivity contribution in [3.63, 3.8) is 0 Å². The number of carbonyl (C=O) groups is 1. The number of nitrogens with zero attached hydrogens (tertiary/aromatic N) is 1. The van der Waals surface area contributed by atoms with E-state index in [0.717, 1.165) is 6.54 Å². The molecule has 0 aromatic carbocycles. The minimum atomic E-state index is -1.57. The molecule has 0 aromatic rings. The Morgan fingerprint density at radius 1 is 1.12 bits per heavy atom. The molecule has 1 saturated heterocycles. The van der Waals surface area contributed by atoms with Gasteiger partial charge in [-0.2, -0.15) is 0 Å². The van der Waals surface area contributed by atoms with E-state index in [1.165, 1.54) is 37.4 Å². The van der Waals surface area contributed by atoms with Gasteiger partial charge in [-0.25, -0.2) is 4.79 Å². The van der Waals surface area contributed by atoms with Gasteiger partial charge in [-0.3, -0.25) is 0 Å². The normalized spacial score (nSPS) is 16.7. The van der Waals surface area contributed by atoms with Crippen LogP contribution >= 0.6 is 0 Å². The van der Waals surface area contributed by atoms with E-state index in [1.54, 1.807) is 0 Å². The molecule has 0 saturated carbocycles. The van der Waals surface area contributed by atoms with Crippen LogP contribution in [0.4, 0.5) is 4.79 Å². The summed E-state index contributed by atoms with van der Waals surface area (Å²) < 4.78 is 7.26. The van der Waals surface area contributed by atoms with Crippen LogP contribution in [0.15, 0.2) is 0 Å². The fourth-order valence-electron chi connectivity index (χ4n) is 3.00. The summed E-state index contributed by atoms with van der Waals surface area (Å²) in [6, 6.07) is 3.72. The summed E-state index contributed by atoms with van der Waals surface area (Å²) in [5.41, 5.74) is 0. The van der Waals surface area contributed by atoms with Crippen LogP contribution in [0, 0.1) is 0 Å². The van der Waals surface area contributed by atoms with Crippen LogP contribution < -0.4 is 0 Å². The van der Waals surface area contributed by atoms with Crippen molar-refractivity contribution in [2.45, 2.75) is 58.2 Å². The zero-order chi connectivity index (χ0) is 12.0. The minimum absolute atomic E-state index is 0.0398. The van der Waals surface area contributed by atoms with Crippen molar-refractivity contribution in [3.8, 4) is 0 Å². The van der Waals surface area contributed by atoms with Gasteiger partial charge in [-0.1, -0.05) is 40.0 Å². The monoisotopic (exact) mass is 243 g/mol. The summed E-state index contributed by atoms with van der Waals surface area (Å²) in [4.78, 5) is 11.8. The molecular formula is C12H25NO2Si. The van der Waals surface area contributed by atoms with Crippen molar-refractivity contribution in [3.05, 3.63) is 0 Å². The molecule has 0 atom stereocenters. The second kappa shape index (κ2) is 6.28. The molecule has 0 aromatic heterocycles. The highest BCUT2D eigenvalue weighted by Crippen LogP contribution is 2.31. The SMILES string of the molecule is CCC[Si](CCC)(CCC)N1CCOC1=O. The molecule has 0 radical (unpaired) electrons. The molecule has 1 heterocycles. The van der Waals surface area contributed by atoms with Crippen molar-refractivity contribution in [1.82, 2.24) is 4.57 Å². The molecule has 3 nitrogen and oxygen atoms in total. The lowest BCUT2D eigenvalue weighted by Crippen LogP contribution is -2.53. The number of rotatable bonds is 7. The molecule has 94 valence electrons. The topological polar surface area (TPSA) is 29.5 Å². The molecule has 0 spiro atoms. The first-order valence-corrected chi connectivity index (χ1v) is 9.21. The quantitative estimate of drug-likeness (QED) is 0.639. The zero-order valence-corrected chi connectivity index (χ0v) is 11.9. The minimum Gasteiger partial charge on any atom is -0.448 e. The summed E-state index contributed by atoms with van der Waals surface area (Å²) >= 11 is 0. The molecule has 1 aliphatic rings. The molecule has 1 fully saturated rings. The van der Waals surface area contributed by atoms with Gasteiger partial charge in [-0.15, -0.1) is 0 Å². The molecule has 1 rings (SSSR count). The van der Waals surface area contributed by atoms with Gasteiger partial charge in [-0.05, 0) is 18.1 Å². The van der Waals surface area contributed by atoms with Crippen LogP contribution in [0.25, 0.3) is 0 Å². The number of cyclic esters (lactones) is 1. The van der Waals surface area contributed by atoms with E-state index in [-0.39, 0.29) is 6.09 Å². The second-order valence-electron chi connectivity index (χ2n) is 4.74. The van der Waals surface area contributed by atoms with Crippen LogP contribution in [0.2, 0.25) is 18.1 Å². The van der Waals surface area contributed by atoms with Crippen LogP contribution in [-0.4, -0.2) is 32.0 Å². The number of ether oxygens (including phenoxy) is 1. The highest BCUT2D eigenvalue weighted by Gasteiger charge is 2.43. The number of amides is 1. The average Bonchev–Trinajstić information content (AvgIpc) is 2.66. The van der Waals surface area contributed by atoms with E-state index >= 15 is 0 Å². The Kier molecular flexibility index (Phi) is 5.32. The fourth-order valence-corrected chi connectivity index (χ4v) is 8.37. The Hall–Kier alpha value is -0.513. The zero-order valence-electron chi connectivity index (χ0n) is 10.9. The van der Waals surface area contributed by atoms with Gasteiger partial charge in [0.2, 0.25) is 0 Å². The van der Waals surface area contributed by atoms with Gasteiger partial charge >= 0.3 is 6.09 Å². The molecular weight excluding hydrogens is 218 g/mol. The lowest BCUT2D eigenvalue weighted by molar-refractivity contribution is 0.168. The summed E-state index contributed by atoms with van der Waals surface area (Å²) in [5.74, 6) is 0. The van der Waals surface area contributed by atoms with Crippen LogP contribution in [0.3, 0.4) is 0 Å². The molecule has 1 amide bonds. The molecule has 4 heteroatoms. The van der Waals surface area contributed by atoms with Crippen molar-refractivity contribution in [2.75, 3.05) is 13.2 Å². The molecule has 16 heavy (non-hydrogen) atoms. The first kappa shape index (κ1) is 13.6. The predicted molar refractivity (Wildman–Crippen MR) is 69.1 cm³/mol. The molecule has 0 aliphatic carbocycles. The van der Waals surface area contributed by atoms with Crippen molar-refractivity contribution < 1.29 is 9.53 Å². The van der Waals surface area contributed by atoms with E-state index in [1.807, 2.05) is 0 Å². The molecule has 0 bridgehead atoms. The maximum absolute atomic E-state index is 11.8. The van der Waals surface area contributed by atoms with E-state index in [4.69, 9.17) is 4.74 Å². The summed E-state index contributed by atoms with van der Waals surface area (Å²) in [7, 11) is -1.57. The Morgan fingerprint density at radius 2 is 1.62 bits per heavy atom. The third-order valence-electron chi connectivity index (χ3n) is 3.48. The van der Waals surface area contributed by atoms with Gasteiger partial charge in [0.25, 0.3) is 0 Å². The van der Waals surface area contributed by atoms with Crippen LogP contribution in [0.5, 0.6) is 0 Å². The molecule has 1 aliphatic heterocycles. The Bertz CT molecular complexity index is 216. The smallest absolute Gasteiger partial charge is 0.401 e. The van der Waals surface area contributed by atoms with Gasteiger partial charge in [0.15, 0.2) is 8.24 Å². The fraction of sp³-hybridized carbons (Fsp3) is 0.917. The molecule has 0 unspecified atom stereocenters. The maximum Gasteiger partial charge on any atom is 0.401 e. The van der Waals surface area contributed by atoms with E-state index in [0.29, 0.717) is 6.61 Å². The van der Waals surface area contributed by atoms with E-state index in [2.05, 4.69) is 25.3 Å². The van der Waals surface area contributed by atoms with Crippen molar-refractivity contribution in [1.29, 1.82) is 0 Å². The lowest BCUT2D eigenvalue weighted by atomic mass is 10.5. The number of carbonyl (C=O) groups excluding carboxylic acids is 1. The Morgan fingerprint density at radius 3 is 1.94 bits per heavy atom. The first-order chi connectivity index (χ1) is 7.70. The third kappa shape index (κ3) is 2.78. The maximum atomic E-state index is 11.8. The van der Waals surface area contributed by atoms with Gasteiger partial charge in [0, 0.05) is 6.54 Å². The highest BCUT2D eigenvalue weighted by atomic mass is 28.3. The van der Waals surface area contributed by atoms with Crippen molar-refractivity contribution >= 4 is 14.3 Å². The summed E-state index contributed by atoms with van der Waals surface area (Å²) in [6.45, 7) is 8.13. The van der Waals surface area contributed by atoms with Gasteiger partial charge in [0.05, 0.1) is 0 Å². The van der Waals surface area contributed by atoms with Gasteiger partial charge in [0.1, 0.15) is 6.61 Å². The Labute approximate surface area is 100 Å². The highest BCUT2D eigenvalue weighted by molar-refractivity contribution is 6.79.